The summed E-state index contributed by atoms with van der Waals surface area (Å²) in [6.07, 6.45) is 4.64. The molecule has 0 aromatic heterocycles. The summed E-state index contributed by atoms with van der Waals surface area (Å²) in [7, 11) is -3.16. The maximum atomic E-state index is 14.4. The second-order valence-corrected chi connectivity index (χ2v) is 11.5. The van der Waals surface area contributed by atoms with Crippen LogP contribution in [0.2, 0.25) is 0 Å². The number of methoxy groups -OCH3 is 1. The number of hydrogen-bond donors (Lipinski definition) is 3. The highest BCUT2D eigenvalue weighted by molar-refractivity contribution is 7.89. The molecular weight excluding hydrogens is 449 g/mol. The van der Waals surface area contributed by atoms with Crippen LogP contribution in [0, 0.1) is 23.1 Å². The third kappa shape index (κ3) is 4.87. The van der Waals surface area contributed by atoms with E-state index in [1.807, 2.05) is 6.92 Å². The van der Waals surface area contributed by atoms with Crippen molar-refractivity contribution in [3.63, 3.8) is 0 Å². The lowest BCUT2D eigenvalue weighted by Crippen LogP contribution is -2.62. The molecule has 8 nitrogen and oxygen atoms in total. The molecule has 10 heteroatoms. The van der Waals surface area contributed by atoms with Crippen molar-refractivity contribution in [2.24, 2.45) is 23.0 Å². The molecule has 184 valence electrons. The van der Waals surface area contributed by atoms with Crippen LogP contribution in [0.15, 0.2) is 23.1 Å². The van der Waals surface area contributed by atoms with Crippen molar-refractivity contribution in [2.75, 3.05) is 7.11 Å². The van der Waals surface area contributed by atoms with Gasteiger partial charge in [-0.1, -0.05) is 19.4 Å². The molecule has 3 rings (SSSR count). The number of fused-ring (bicyclic) bond motifs is 2. The SMILES string of the molecule is CCC1(C(N)=O)CC2CCCC(C1)C2NC(=O)C(C)(C)NS(=O)(=O)c1c(F)cccc1OC. The highest BCUT2D eigenvalue weighted by Crippen LogP contribution is 2.50. The largest absolute Gasteiger partial charge is 0.495 e. The zero-order valence-corrected chi connectivity index (χ0v) is 20.4. The summed E-state index contributed by atoms with van der Waals surface area (Å²) in [5.41, 5.74) is 3.64. The van der Waals surface area contributed by atoms with Crippen LogP contribution in [0.25, 0.3) is 0 Å². The number of nitrogens with two attached hydrogens (primary N) is 1. The maximum absolute atomic E-state index is 14.4. The highest BCUT2D eigenvalue weighted by Gasteiger charge is 2.51. The zero-order chi connectivity index (χ0) is 24.6. The number of hydrogen-bond acceptors (Lipinski definition) is 5. The van der Waals surface area contributed by atoms with Crippen LogP contribution in [-0.2, 0) is 19.6 Å². The van der Waals surface area contributed by atoms with E-state index >= 15 is 0 Å². The lowest BCUT2D eigenvalue weighted by molar-refractivity contribution is -0.136. The number of benzene rings is 1. The first kappa shape index (κ1) is 25.4. The van der Waals surface area contributed by atoms with Gasteiger partial charge in [0.1, 0.15) is 17.1 Å². The van der Waals surface area contributed by atoms with Crippen molar-refractivity contribution in [1.29, 1.82) is 0 Å². The van der Waals surface area contributed by atoms with Crippen LogP contribution in [0.1, 0.15) is 59.3 Å². The van der Waals surface area contributed by atoms with Gasteiger partial charge in [-0.25, -0.2) is 12.8 Å². The van der Waals surface area contributed by atoms with Crippen LogP contribution in [-0.4, -0.2) is 38.9 Å². The van der Waals surface area contributed by atoms with E-state index in [1.54, 1.807) is 0 Å². The average Bonchev–Trinajstić information content (AvgIpc) is 2.72. The Bertz CT molecular complexity index is 1010. The van der Waals surface area contributed by atoms with Gasteiger partial charge in [0, 0.05) is 11.5 Å². The van der Waals surface area contributed by atoms with Crippen molar-refractivity contribution in [1.82, 2.24) is 10.0 Å². The number of carbonyl (C=O) groups excluding carboxylic acids is 2. The highest BCUT2D eigenvalue weighted by atomic mass is 32.2. The lowest BCUT2D eigenvalue weighted by Gasteiger charge is -2.51. The Kier molecular flexibility index (Phi) is 7.10. The number of primary amides is 1. The molecule has 1 aromatic rings. The van der Waals surface area contributed by atoms with E-state index in [0.717, 1.165) is 25.3 Å². The number of ether oxygens (including phenoxy) is 1. The van der Waals surface area contributed by atoms with Gasteiger partial charge in [-0.05, 0) is 69.9 Å². The van der Waals surface area contributed by atoms with Gasteiger partial charge in [0.15, 0.2) is 4.90 Å². The second-order valence-electron chi connectivity index (χ2n) is 9.86. The van der Waals surface area contributed by atoms with Crippen LogP contribution < -0.4 is 20.5 Å². The number of sulfonamides is 1. The van der Waals surface area contributed by atoms with Gasteiger partial charge < -0.3 is 15.8 Å². The molecule has 2 saturated carbocycles. The summed E-state index contributed by atoms with van der Waals surface area (Å²) in [4.78, 5) is 24.8. The average molecular weight is 484 g/mol. The Labute approximate surface area is 194 Å². The number of carbonyl (C=O) groups is 2. The molecule has 2 atom stereocenters. The van der Waals surface area contributed by atoms with Gasteiger partial charge >= 0.3 is 0 Å². The molecular formula is C23H34FN3O5S. The molecule has 2 aliphatic rings. The van der Waals surface area contributed by atoms with E-state index in [4.69, 9.17) is 10.5 Å². The Hall–Kier alpha value is -2.20. The van der Waals surface area contributed by atoms with Gasteiger partial charge in [0.2, 0.25) is 21.8 Å². The van der Waals surface area contributed by atoms with Crippen molar-refractivity contribution in [3.05, 3.63) is 24.0 Å². The van der Waals surface area contributed by atoms with Crippen LogP contribution in [0.3, 0.4) is 0 Å². The standard InChI is InChI=1S/C23H34FN3O5S/c1-5-23(20(25)28)12-14-8-6-9-15(13-23)18(14)26-21(29)22(2,3)27-33(30,31)19-16(24)10-7-11-17(19)32-4/h7,10-11,14-15,18,27H,5-6,8-9,12-13H2,1-4H3,(H2,25,28)(H,26,29). The molecule has 0 heterocycles. The molecule has 2 unspecified atom stereocenters. The number of nitrogens with one attached hydrogen (secondary N) is 2. The molecule has 2 fully saturated rings. The van der Waals surface area contributed by atoms with E-state index in [2.05, 4.69) is 10.0 Å². The van der Waals surface area contributed by atoms with E-state index in [9.17, 15) is 22.4 Å². The van der Waals surface area contributed by atoms with Crippen molar-refractivity contribution < 1.29 is 27.1 Å². The van der Waals surface area contributed by atoms with Crippen molar-refractivity contribution >= 4 is 21.8 Å². The summed E-state index contributed by atoms with van der Waals surface area (Å²) >= 11 is 0. The Morgan fingerprint density at radius 3 is 2.36 bits per heavy atom. The van der Waals surface area contributed by atoms with Gasteiger partial charge in [0.05, 0.1) is 7.11 Å². The summed E-state index contributed by atoms with van der Waals surface area (Å²) in [5, 5.41) is 3.04. The van der Waals surface area contributed by atoms with Crippen LogP contribution >= 0.6 is 0 Å². The predicted octanol–water partition coefficient (Wildman–Crippen LogP) is 2.47. The molecule has 0 radical (unpaired) electrons. The Morgan fingerprint density at radius 2 is 1.85 bits per heavy atom. The van der Waals surface area contributed by atoms with Crippen LogP contribution in [0.5, 0.6) is 5.75 Å². The van der Waals surface area contributed by atoms with E-state index in [1.165, 1.54) is 33.1 Å². The molecule has 2 aliphatic carbocycles. The summed E-state index contributed by atoms with van der Waals surface area (Å²) < 4.78 is 47.7. The molecule has 33 heavy (non-hydrogen) atoms. The zero-order valence-electron chi connectivity index (χ0n) is 19.6. The number of amides is 2. The fourth-order valence-electron chi connectivity index (χ4n) is 5.51. The first-order valence-electron chi connectivity index (χ1n) is 11.3. The van der Waals surface area contributed by atoms with Gasteiger partial charge in [-0.2, -0.15) is 4.72 Å². The normalized spacial score (nSPS) is 27.6. The topological polar surface area (TPSA) is 128 Å². The van der Waals surface area contributed by atoms with Gasteiger partial charge in [0.25, 0.3) is 0 Å². The minimum atomic E-state index is -4.40. The molecule has 2 amide bonds. The molecule has 0 spiro atoms. The summed E-state index contributed by atoms with van der Waals surface area (Å²) in [6.45, 7) is 4.84. The maximum Gasteiger partial charge on any atom is 0.248 e. The number of rotatable bonds is 8. The Balaban J connectivity index is 1.79. The summed E-state index contributed by atoms with van der Waals surface area (Å²) in [5.74, 6) is -1.74. The Morgan fingerprint density at radius 1 is 1.24 bits per heavy atom. The third-order valence-electron chi connectivity index (χ3n) is 7.35. The summed E-state index contributed by atoms with van der Waals surface area (Å²) in [6, 6.07) is 3.53. The first-order chi connectivity index (χ1) is 15.4. The van der Waals surface area contributed by atoms with E-state index < -0.39 is 37.6 Å². The monoisotopic (exact) mass is 483 g/mol. The number of halogens is 1. The first-order valence-corrected chi connectivity index (χ1v) is 12.8. The lowest BCUT2D eigenvalue weighted by atomic mass is 9.57. The molecule has 2 bridgehead atoms. The molecule has 4 N–H and O–H groups in total. The molecule has 0 saturated heterocycles. The van der Waals surface area contributed by atoms with Crippen molar-refractivity contribution in [2.45, 2.75) is 75.8 Å². The van der Waals surface area contributed by atoms with E-state index in [0.29, 0.717) is 19.3 Å². The molecule has 0 aliphatic heterocycles. The fourth-order valence-corrected chi connectivity index (χ4v) is 7.11. The van der Waals surface area contributed by atoms with Gasteiger partial charge in [-0.15, -0.1) is 0 Å². The molecule has 1 aromatic carbocycles. The second kappa shape index (κ2) is 9.21. The van der Waals surface area contributed by atoms with E-state index in [-0.39, 0.29) is 29.5 Å². The smallest absolute Gasteiger partial charge is 0.248 e. The quantitative estimate of drug-likeness (QED) is 0.523. The minimum Gasteiger partial charge on any atom is -0.495 e. The third-order valence-corrected chi connectivity index (χ3v) is 9.06. The minimum absolute atomic E-state index is 0.0907. The fraction of sp³-hybridized carbons (Fsp3) is 0.652. The van der Waals surface area contributed by atoms with Gasteiger partial charge in [-0.3, -0.25) is 9.59 Å². The predicted molar refractivity (Wildman–Crippen MR) is 121 cm³/mol. The van der Waals surface area contributed by atoms with Crippen molar-refractivity contribution in [3.8, 4) is 5.75 Å². The van der Waals surface area contributed by atoms with Crippen LogP contribution in [0.4, 0.5) is 4.39 Å².